The third-order valence-corrected chi connectivity index (χ3v) is 6.99. The smallest absolute Gasteiger partial charge is 0.272 e. The fourth-order valence-electron chi connectivity index (χ4n) is 4.18. The predicted octanol–water partition coefficient (Wildman–Crippen LogP) is 6.51. The molecular weight excluding hydrogens is 570 g/mol. The van der Waals surface area contributed by atoms with Gasteiger partial charge in [0.2, 0.25) is 5.91 Å². The van der Waals surface area contributed by atoms with Crippen LogP contribution in [0.3, 0.4) is 0 Å². The van der Waals surface area contributed by atoms with E-state index in [9.17, 15) is 18.8 Å². The van der Waals surface area contributed by atoms with Crippen LogP contribution in [0.1, 0.15) is 40.3 Å². The van der Waals surface area contributed by atoms with Gasteiger partial charge in [0.1, 0.15) is 11.5 Å². The second-order valence-corrected chi connectivity index (χ2v) is 10.5. The lowest BCUT2D eigenvalue weighted by molar-refractivity contribution is -0.124. The summed E-state index contributed by atoms with van der Waals surface area (Å²) in [5, 5.41) is 9.30. The van der Waals surface area contributed by atoms with Crippen LogP contribution in [0.4, 0.5) is 15.8 Å². The van der Waals surface area contributed by atoms with Crippen molar-refractivity contribution in [3.8, 4) is 0 Å². The van der Waals surface area contributed by atoms with E-state index in [0.29, 0.717) is 29.9 Å². The number of benzene rings is 3. The van der Waals surface area contributed by atoms with Gasteiger partial charge >= 0.3 is 0 Å². The Morgan fingerprint density at radius 3 is 2.29 bits per heavy atom. The molecule has 1 aromatic heterocycles. The monoisotopic (exact) mass is 598 g/mol. The number of halogens is 3. The Labute approximate surface area is 246 Å². The van der Waals surface area contributed by atoms with Crippen LogP contribution in [0.5, 0.6) is 0 Å². The van der Waals surface area contributed by atoms with E-state index in [-0.39, 0.29) is 39.7 Å². The molecule has 3 aromatic carbocycles. The Morgan fingerprint density at radius 2 is 1.59 bits per heavy atom. The fraction of sp³-hybridized carbons (Fsp3) is 0.233. The molecule has 1 heterocycles. The van der Waals surface area contributed by atoms with Crippen LogP contribution in [0, 0.1) is 11.7 Å². The van der Waals surface area contributed by atoms with Crippen molar-refractivity contribution in [2.75, 3.05) is 24.4 Å². The van der Waals surface area contributed by atoms with Crippen LogP contribution in [0.25, 0.3) is 10.9 Å². The largest absolute Gasteiger partial charge is 0.383 e. The summed E-state index contributed by atoms with van der Waals surface area (Å²) in [5.74, 6) is -1.76. The zero-order valence-electron chi connectivity index (χ0n) is 22.7. The van der Waals surface area contributed by atoms with Gasteiger partial charge in [0, 0.05) is 48.4 Å². The van der Waals surface area contributed by atoms with Crippen LogP contribution in [-0.4, -0.2) is 36.0 Å². The quantitative estimate of drug-likeness (QED) is 0.194. The van der Waals surface area contributed by atoms with Gasteiger partial charge in [0.05, 0.1) is 22.2 Å². The summed E-state index contributed by atoms with van der Waals surface area (Å²) in [6, 6.07) is 16.0. The van der Waals surface area contributed by atoms with Crippen molar-refractivity contribution in [3.63, 3.8) is 0 Å². The highest BCUT2D eigenvalue weighted by atomic mass is 35.5. The van der Waals surface area contributed by atoms with Crippen molar-refractivity contribution < 1.29 is 23.5 Å². The zero-order valence-corrected chi connectivity index (χ0v) is 24.2. The van der Waals surface area contributed by atoms with E-state index in [1.807, 2.05) is 0 Å². The van der Waals surface area contributed by atoms with Gasteiger partial charge in [-0.25, -0.2) is 4.39 Å². The maximum Gasteiger partial charge on any atom is 0.272 e. The number of anilines is 2. The van der Waals surface area contributed by atoms with Crippen LogP contribution < -0.4 is 16.0 Å². The van der Waals surface area contributed by atoms with Gasteiger partial charge in [-0.05, 0) is 60.2 Å². The zero-order chi connectivity index (χ0) is 29.7. The first-order chi connectivity index (χ1) is 19.6. The molecule has 4 rings (SSSR count). The Hall–Kier alpha value is -3.92. The minimum Gasteiger partial charge on any atom is -0.383 e. The van der Waals surface area contributed by atoms with Gasteiger partial charge < -0.3 is 25.3 Å². The number of hydrogen-bond acceptors (Lipinski definition) is 4. The van der Waals surface area contributed by atoms with Gasteiger partial charge in [0.15, 0.2) is 0 Å². The van der Waals surface area contributed by atoms with Crippen molar-refractivity contribution in [1.29, 1.82) is 0 Å². The minimum atomic E-state index is -0.643. The third-order valence-electron chi connectivity index (χ3n) is 6.35. The maximum atomic E-state index is 13.9. The molecule has 0 spiro atoms. The number of carbonyl (C=O) groups excluding carboxylic acids is 3. The van der Waals surface area contributed by atoms with E-state index >= 15 is 0 Å². The van der Waals surface area contributed by atoms with E-state index in [4.69, 9.17) is 27.9 Å². The molecule has 0 unspecified atom stereocenters. The van der Waals surface area contributed by atoms with Crippen LogP contribution in [0.15, 0.2) is 60.7 Å². The molecule has 11 heteroatoms. The maximum absolute atomic E-state index is 13.9. The summed E-state index contributed by atoms with van der Waals surface area (Å²) in [6.45, 7) is 4.61. The number of methoxy groups -OCH3 is 1. The number of nitrogens with one attached hydrogen (secondary N) is 3. The van der Waals surface area contributed by atoms with E-state index in [0.717, 1.165) is 17.1 Å². The van der Waals surface area contributed by atoms with Gasteiger partial charge in [-0.3, -0.25) is 14.4 Å². The van der Waals surface area contributed by atoms with E-state index < -0.39 is 17.6 Å². The summed E-state index contributed by atoms with van der Waals surface area (Å²) in [7, 11) is 1.56. The molecule has 0 atom stereocenters. The molecule has 0 saturated carbocycles. The van der Waals surface area contributed by atoms with E-state index in [2.05, 4.69) is 16.0 Å². The summed E-state index contributed by atoms with van der Waals surface area (Å²) < 4.78 is 20.9. The lowest BCUT2D eigenvalue weighted by Crippen LogP contribution is -2.27. The SMILES string of the molecule is COCCn1c(C(=O)Nc2ccc(Cl)c(F)c2)cc2cc(NC(=O)c3cc(CNC(=O)C(C)C)ccc3Cl)ccc21. The number of amides is 3. The topological polar surface area (TPSA) is 101 Å². The molecule has 0 bridgehead atoms. The number of aromatic nitrogens is 1. The highest BCUT2D eigenvalue weighted by Gasteiger charge is 2.18. The molecule has 214 valence electrons. The van der Waals surface area contributed by atoms with Crippen molar-refractivity contribution >= 4 is 63.2 Å². The van der Waals surface area contributed by atoms with Gasteiger partial charge in [-0.1, -0.05) is 43.1 Å². The molecule has 0 fully saturated rings. The summed E-state index contributed by atoms with van der Waals surface area (Å²) in [6.07, 6.45) is 0. The first kappa shape index (κ1) is 30.0. The van der Waals surface area contributed by atoms with Gasteiger partial charge in [0.25, 0.3) is 11.8 Å². The second kappa shape index (κ2) is 13.2. The number of nitrogens with zero attached hydrogens (tertiary/aromatic N) is 1. The molecule has 0 aliphatic heterocycles. The average Bonchev–Trinajstić information content (AvgIpc) is 3.30. The highest BCUT2D eigenvalue weighted by molar-refractivity contribution is 6.34. The predicted molar refractivity (Wildman–Crippen MR) is 159 cm³/mol. The molecule has 0 saturated heterocycles. The third kappa shape index (κ3) is 7.24. The first-order valence-electron chi connectivity index (χ1n) is 12.8. The van der Waals surface area contributed by atoms with E-state index in [1.165, 1.54) is 12.1 Å². The number of rotatable bonds is 10. The van der Waals surface area contributed by atoms with Crippen LogP contribution >= 0.6 is 23.2 Å². The molecule has 4 aromatic rings. The Balaban J connectivity index is 1.57. The van der Waals surface area contributed by atoms with Crippen molar-refractivity contribution in [3.05, 3.63) is 93.3 Å². The van der Waals surface area contributed by atoms with E-state index in [1.54, 1.807) is 68.0 Å². The molecular formula is C30H29Cl2FN4O4. The number of carbonyl (C=O) groups is 3. The van der Waals surface area contributed by atoms with Gasteiger partial charge in [-0.2, -0.15) is 0 Å². The molecule has 0 radical (unpaired) electrons. The Morgan fingerprint density at radius 1 is 0.902 bits per heavy atom. The number of ether oxygens (including phenoxy) is 1. The minimum absolute atomic E-state index is 0.0438. The Kier molecular flexibility index (Phi) is 9.65. The fourth-order valence-corrected chi connectivity index (χ4v) is 4.50. The van der Waals surface area contributed by atoms with Crippen molar-refractivity contribution in [2.45, 2.75) is 26.9 Å². The normalized spacial score (nSPS) is 11.1. The standard InChI is InChI=1S/C30H29Cl2FN4O4/c1-17(2)28(38)34-16-18-4-7-23(31)22(12-18)29(39)35-20-6-9-26-19(13-20)14-27(37(26)10-11-41-3)30(40)36-21-5-8-24(32)25(33)15-21/h4-9,12-15,17H,10-11,16H2,1-3H3,(H,34,38)(H,35,39)(H,36,40). The molecule has 3 N–H and O–H groups in total. The Bertz CT molecular complexity index is 1620. The lowest BCUT2D eigenvalue weighted by atomic mass is 10.1. The molecule has 41 heavy (non-hydrogen) atoms. The molecule has 8 nitrogen and oxygen atoms in total. The first-order valence-corrected chi connectivity index (χ1v) is 13.6. The molecule has 3 amide bonds. The summed E-state index contributed by atoms with van der Waals surface area (Å²) in [5.41, 5.74) is 2.82. The average molecular weight is 599 g/mol. The van der Waals surface area contributed by atoms with Crippen LogP contribution in [-0.2, 0) is 22.6 Å². The summed E-state index contributed by atoms with van der Waals surface area (Å²) in [4.78, 5) is 38.2. The second-order valence-electron chi connectivity index (χ2n) is 9.67. The van der Waals surface area contributed by atoms with Crippen molar-refractivity contribution in [1.82, 2.24) is 9.88 Å². The lowest BCUT2D eigenvalue weighted by Gasteiger charge is -2.12. The highest BCUT2D eigenvalue weighted by Crippen LogP contribution is 2.27. The molecule has 0 aliphatic carbocycles. The molecule has 0 aliphatic rings. The van der Waals surface area contributed by atoms with Gasteiger partial charge in [-0.15, -0.1) is 0 Å². The number of hydrogen-bond donors (Lipinski definition) is 3. The summed E-state index contributed by atoms with van der Waals surface area (Å²) >= 11 is 12.1. The van der Waals surface area contributed by atoms with Crippen molar-refractivity contribution in [2.24, 2.45) is 5.92 Å². The number of fused-ring (bicyclic) bond motifs is 1. The van der Waals surface area contributed by atoms with Crippen LogP contribution in [0.2, 0.25) is 10.0 Å².